The van der Waals surface area contributed by atoms with Crippen molar-refractivity contribution < 1.29 is 4.79 Å². The summed E-state index contributed by atoms with van der Waals surface area (Å²) in [4.78, 5) is 20.3. The van der Waals surface area contributed by atoms with E-state index in [-0.39, 0.29) is 17.9 Å². The van der Waals surface area contributed by atoms with Crippen LogP contribution in [-0.2, 0) is 17.6 Å². The lowest BCUT2D eigenvalue weighted by atomic mass is 9.90. The molecule has 2 aromatic rings. The second-order valence-electron chi connectivity index (χ2n) is 10.1. The van der Waals surface area contributed by atoms with Gasteiger partial charge >= 0.3 is 0 Å². The fourth-order valence-electron chi connectivity index (χ4n) is 5.83. The molecule has 6 heteroatoms. The van der Waals surface area contributed by atoms with E-state index in [0.29, 0.717) is 5.92 Å². The predicted octanol–water partition coefficient (Wildman–Crippen LogP) is 5.09. The van der Waals surface area contributed by atoms with Crippen molar-refractivity contribution in [3.05, 3.63) is 63.4 Å². The predicted molar refractivity (Wildman–Crippen MR) is 144 cm³/mol. The summed E-state index contributed by atoms with van der Waals surface area (Å²) in [6.07, 6.45) is 8.10. The number of nitrogens with one attached hydrogen (secondary N) is 2. The van der Waals surface area contributed by atoms with Gasteiger partial charge in [0.15, 0.2) is 0 Å². The molecule has 0 bridgehead atoms. The number of halogens is 1. The highest BCUT2D eigenvalue weighted by atomic mass is 35.5. The molecule has 1 atom stereocenters. The Bertz CT molecular complexity index is 943. The van der Waals surface area contributed by atoms with Crippen LogP contribution in [0.25, 0.3) is 0 Å². The van der Waals surface area contributed by atoms with Gasteiger partial charge in [0.05, 0.1) is 11.7 Å². The summed E-state index contributed by atoms with van der Waals surface area (Å²) in [6, 6.07) is 8.76. The Balaban J connectivity index is 0.00000141. The first kappa shape index (κ1) is 26.1. The van der Waals surface area contributed by atoms with Crippen LogP contribution in [0.4, 0.5) is 0 Å². The zero-order valence-electron chi connectivity index (χ0n) is 21.6. The number of hydrogen-bond acceptors (Lipinski definition) is 4. The summed E-state index contributed by atoms with van der Waals surface area (Å²) in [5, 5.41) is 7.45. The molecule has 190 valence electrons. The average Bonchev–Trinajstić information content (AvgIpc) is 3.05. The summed E-state index contributed by atoms with van der Waals surface area (Å²) >= 11 is 6.36. The van der Waals surface area contributed by atoms with Crippen molar-refractivity contribution in [3.8, 4) is 0 Å². The molecule has 3 heterocycles. The molecule has 2 N–H and O–H groups in total. The van der Waals surface area contributed by atoms with E-state index in [4.69, 9.17) is 16.6 Å². The Kier molecular flexibility index (Phi) is 9.21. The van der Waals surface area contributed by atoms with Gasteiger partial charge in [0.1, 0.15) is 0 Å². The molecule has 0 spiro atoms. The number of amides is 1. The van der Waals surface area contributed by atoms with Crippen LogP contribution in [0.1, 0.15) is 73.5 Å². The van der Waals surface area contributed by atoms with Crippen LogP contribution in [0.15, 0.2) is 30.5 Å². The van der Waals surface area contributed by atoms with E-state index >= 15 is 0 Å². The molecule has 3 aliphatic rings. The number of piperidine rings is 2. The van der Waals surface area contributed by atoms with E-state index in [2.05, 4.69) is 40.7 Å². The Morgan fingerprint density at radius 2 is 1.80 bits per heavy atom. The van der Waals surface area contributed by atoms with E-state index in [0.717, 1.165) is 76.3 Å². The van der Waals surface area contributed by atoms with Gasteiger partial charge in [0.25, 0.3) is 0 Å². The number of carbonyl (C=O) groups is 1. The fourth-order valence-corrected chi connectivity index (χ4v) is 6.02. The van der Waals surface area contributed by atoms with Gasteiger partial charge < -0.3 is 10.6 Å². The van der Waals surface area contributed by atoms with Crippen LogP contribution in [-0.4, -0.2) is 48.5 Å². The molecule has 2 saturated heterocycles. The number of hydrogen-bond donors (Lipinski definition) is 2. The zero-order valence-corrected chi connectivity index (χ0v) is 22.3. The second kappa shape index (κ2) is 12.3. The van der Waals surface area contributed by atoms with Crippen LogP contribution < -0.4 is 10.6 Å². The summed E-state index contributed by atoms with van der Waals surface area (Å²) < 4.78 is 0. The molecule has 1 aromatic carbocycles. The van der Waals surface area contributed by atoms with E-state index in [1.807, 2.05) is 26.1 Å². The number of benzene rings is 1. The van der Waals surface area contributed by atoms with E-state index in [1.165, 1.54) is 27.9 Å². The smallest absolute Gasteiger partial charge is 0.223 e. The Hall–Kier alpha value is -1.95. The quantitative estimate of drug-likeness (QED) is 0.619. The third kappa shape index (κ3) is 6.25. The van der Waals surface area contributed by atoms with Crippen LogP contribution in [0.5, 0.6) is 0 Å². The van der Waals surface area contributed by atoms with Crippen molar-refractivity contribution in [3.63, 3.8) is 0 Å². The van der Waals surface area contributed by atoms with Crippen molar-refractivity contribution in [1.29, 1.82) is 0 Å². The number of aromatic nitrogens is 1. The number of pyridine rings is 1. The zero-order chi connectivity index (χ0) is 24.8. The fraction of sp³-hybridized carbons (Fsp3) is 0.586. The molecule has 1 aliphatic carbocycles. The number of aryl methyl sites for hydroxylation is 3. The van der Waals surface area contributed by atoms with Crippen LogP contribution >= 0.6 is 11.6 Å². The molecule has 2 aliphatic heterocycles. The first-order valence-corrected chi connectivity index (χ1v) is 13.9. The maximum Gasteiger partial charge on any atom is 0.223 e. The number of likely N-dealkylation sites (tertiary alicyclic amines) is 1. The summed E-state index contributed by atoms with van der Waals surface area (Å²) in [5.74, 6) is 0.981. The van der Waals surface area contributed by atoms with Crippen molar-refractivity contribution in [2.24, 2.45) is 11.8 Å². The summed E-state index contributed by atoms with van der Waals surface area (Å²) in [5.41, 5.74) is 6.37. The Morgan fingerprint density at radius 3 is 2.54 bits per heavy atom. The molecule has 1 unspecified atom stereocenters. The molecule has 5 nitrogen and oxygen atoms in total. The number of rotatable bonds is 4. The monoisotopic (exact) mass is 496 g/mol. The van der Waals surface area contributed by atoms with Crippen molar-refractivity contribution in [1.82, 2.24) is 20.5 Å². The Labute approximate surface area is 216 Å². The van der Waals surface area contributed by atoms with Crippen molar-refractivity contribution in [2.75, 3.05) is 32.7 Å². The largest absolute Gasteiger partial charge is 0.356 e. The van der Waals surface area contributed by atoms with Crippen LogP contribution in [0, 0.1) is 18.8 Å². The molecule has 1 amide bonds. The van der Waals surface area contributed by atoms with Crippen molar-refractivity contribution in [2.45, 2.75) is 65.3 Å². The van der Waals surface area contributed by atoms with E-state index in [1.54, 1.807) is 0 Å². The van der Waals surface area contributed by atoms with Gasteiger partial charge in [-0.3, -0.25) is 14.7 Å². The maximum atomic E-state index is 12.9. The molecule has 2 fully saturated rings. The minimum Gasteiger partial charge on any atom is -0.356 e. The van der Waals surface area contributed by atoms with Gasteiger partial charge in [-0.2, -0.15) is 0 Å². The average molecular weight is 497 g/mol. The number of fused-ring (bicyclic) bond motifs is 2. The first-order valence-electron chi connectivity index (χ1n) is 13.5. The molecule has 0 radical (unpaired) electrons. The minimum absolute atomic E-state index is 0.115. The van der Waals surface area contributed by atoms with Gasteiger partial charge in [-0.1, -0.05) is 37.6 Å². The molecular formula is C29H41ClN4O. The van der Waals surface area contributed by atoms with Gasteiger partial charge in [0, 0.05) is 23.7 Å². The lowest BCUT2D eigenvalue weighted by Gasteiger charge is -2.38. The van der Waals surface area contributed by atoms with Crippen LogP contribution in [0.3, 0.4) is 0 Å². The SMILES string of the molecule is CC.Cc1cnc2c(c1)CCc1cc(Cl)ccc1C2N1CCC(C(=O)NCC2CCNCC2)CC1. The van der Waals surface area contributed by atoms with E-state index < -0.39 is 0 Å². The third-order valence-electron chi connectivity index (χ3n) is 7.75. The standard InChI is InChI=1S/C27H35ClN4O.C2H6/c1-18-14-22-3-2-21-15-23(28)4-5-24(21)26(25(22)30-16-18)32-12-8-20(9-13-32)27(33)31-17-19-6-10-29-11-7-19;1-2/h4-5,14-16,19-20,26,29H,2-3,6-13,17H2,1H3,(H,31,33);1-2H3. The molecule has 5 rings (SSSR count). The lowest BCUT2D eigenvalue weighted by molar-refractivity contribution is -0.126. The third-order valence-corrected chi connectivity index (χ3v) is 7.98. The highest BCUT2D eigenvalue weighted by Crippen LogP contribution is 2.38. The normalized spacial score (nSPS) is 21.2. The topological polar surface area (TPSA) is 57.3 Å². The summed E-state index contributed by atoms with van der Waals surface area (Å²) in [7, 11) is 0. The number of carbonyl (C=O) groups excluding carboxylic acids is 1. The molecule has 1 aromatic heterocycles. The molecule has 35 heavy (non-hydrogen) atoms. The highest BCUT2D eigenvalue weighted by molar-refractivity contribution is 6.30. The molecular weight excluding hydrogens is 456 g/mol. The van der Waals surface area contributed by atoms with Gasteiger partial charge in [-0.25, -0.2) is 0 Å². The Morgan fingerprint density at radius 1 is 1.09 bits per heavy atom. The number of nitrogens with zero attached hydrogens (tertiary/aromatic N) is 2. The maximum absolute atomic E-state index is 12.9. The summed E-state index contributed by atoms with van der Waals surface area (Å²) in [6.45, 7) is 10.9. The van der Waals surface area contributed by atoms with Gasteiger partial charge in [-0.05, 0) is 112 Å². The van der Waals surface area contributed by atoms with Crippen LogP contribution in [0.2, 0.25) is 5.02 Å². The first-order chi connectivity index (χ1) is 17.1. The highest BCUT2D eigenvalue weighted by Gasteiger charge is 2.34. The molecule has 0 saturated carbocycles. The van der Waals surface area contributed by atoms with Gasteiger partial charge in [0.2, 0.25) is 5.91 Å². The van der Waals surface area contributed by atoms with Gasteiger partial charge in [-0.15, -0.1) is 0 Å². The lowest BCUT2D eigenvalue weighted by Crippen LogP contribution is -2.44. The minimum atomic E-state index is 0.115. The second-order valence-corrected chi connectivity index (χ2v) is 10.5. The van der Waals surface area contributed by atoms with Crippen molar-refractivity contribution >= 4 is 17.5 Å². The van der Waals surface area contributed by atoms with E-state index in [9.17, 15) is 4.79 Å².